The third-order valence-corrected chi connectivity index (χ3v) is 5.29. The Kier molecular flexibility index (Phi) is 4.88. The minimum Gasteiger partial charge on any atom is -0.506 e. The van der Waals surface area contributed by atoms with Gasteiger partial charge in [0.05, 0.1) is 5.56 Å². The van der Waals surface area contributed by atoms with Crippen molar-refractivity contribution in [2.24, 2.45) is 5.10 Å². The van der Waals surface area contributed by atoms with Crippen LogP contribution in [0, 0.1) is 0 Å². The van der Waals surface area contributed by atoms with Gasteiger partial charge in [0.2, 0.25) is 0 Å². The summed E-state index contributed by atoms with van der Waals surface area (Å²) in [6.45, 7) is 0. The summed E-state index contributed by atoms with van der Waals surface area (Å²) in [4.78, 5) is 12.5. The molecule has 1 aliphatic carbocycles. The van der Waals surface area contributed by atoms with E-state index in [0.29, 0.717) is 11.3 Å². The molecule has 1 aliphatic rings. The minimum absolute atomic E-state index is 0.00131. The van der Waals surface area contributed by atoms with E-state index in [4.69, 9.17) is 0 Å². The summed E-state index contributed by atoms with van der Waals surface area (Å²) >= 11 is 0. The van der Waals surface area contributed by atoms with Crippen molar-refractivity contribution in [2.75, 3.05) is 0 Å². The van der Waals surface area contributed by atoms with Crippen molar-refractivity contribution >= 4 is 22.4 Å². The topological polar surface area (TPSA) is 61.7 Å². The minimum atomic E-state index is -0.379. The normalized spacial score (nSPS) is 16.9. The molecule has 1 fully saturated rings. The molecule has 0 unspecified atom stereocenters. The molecular weight excluding hydrogens is 336 g/mol. The van der Waals surface area contributed by atoms with Gasteiger partial charge in [-0.3, -0.25) is 4.79 Å². The lowest BCUT2D eigenvalue weighted by atomic mass is 9.83. The fraction of sp³-hybridized carbons (Fsp3) is 0.217. The fourth-order valence-electron chi connectivity index (χ4n) is 3.75. The van der Waals surface area contributed by atoms with Gasteiger partial charge in [-0.05, 0) is 48.6 Å². The van der Waals surface area contributed by atoms with E-state index in [1.807, 2.05) is 30.3 Å². The lowest BCUT2D eigenvalue weighted by Gasteiger charge is -2.23. The van der Waals surface area contributed by atoms with Crippen LogP contribution in [-0.2, 0) is 0 Å². The lowest BCUT2D eigenvalue weighted by molar-refractivity contribution is 0.0952. The Morgan fingerprint density at radius 3 is 2.41 bits per heavy atom. The zero-order chi connectivity index (χ0) is 18.6. The molecule has 3 aromatic carbocycles. The van der Waals surface area contributed by atoms with Crippen LogP contribution in [0.4, 0.5) is 0 Å². The van der Waals surface area contributed by atoms with Gasteiger partial charge >= 0.3 is 0 Å². The molecule has 27 heavy (non-hydrogen) atoms. The van der Waals surface area contributed by atoms with E-state index >= 15 is 0 Å². The van der Waals surface area contributed by atoms with Crippen LogP contribution in [-0.4, -0.2) is 16.7 Å². The van der Waals surface area contributed by atoms with Crippen molar-refractivity contribution in [3.63, 3.8) is 0 Å². The Labute approximate surface area is 158 Å². The summed E-state index contributed by atoms with van der Waals surface area (Å²) in [5, 5.41) is 16.3. The largest absolute Gasteiger partial charge is 0.506 e. The Morgan fingerprint density at radius 2 is 1.63 bits per heavy atom. The summed E-state index contributed by atoms with van der Waals surface area (Å²) in [5.74, 6) is 0.180. The predicted molar refractivity (Wildman–Crippen MR) is 108 cm³/mol. The highest BCUT2D eigenvalue weighted by atomic mass is 16.3. The first-order valence-electron chi connectivity index (χ1n) is 9.34. The molecule has 4 rings (SSSR count). The first kappa shape index (κ1) is 17.3. The molecule has 0 atom stereocenters. The molecule has 3 aromatic rings. The van der Waals surface area contributed by atoms with E-state index in [9.17, 15) is 9.90 Å². The van der Waals surface area contributed by atoms with E-state index in [1.54, 1.807) is 12.1 Å². The maximum atomic E-state index is 12.5. The molecule has 1 amide bonds. The number of amides is 1. The van der Waals surface area contributed by atoms with Crippen molar-refractivity contribution in [1.82, 2.24) is 5.43 Å². The average Bonchev–Trinajstić information content (AvgIpc) is 2.73. The van der Waals surface area contributed by atoms with Crippen LogP contribution < -0.4 is 5.43 Å². The van der Waals surface area contributed by atoms with Gasteiger partial charge in [0.15, 0.2) is 0 Å². The van der Waals surface area contributed by atoms with Crippen LogP contribution in [0.5, 0.6) is 5.75 Å². The van der Waals surface area contributed by atoms with Gasteiger partial charge in [-0.2, -0.15) is 5.10 Å². The first-order valence-corrected chi connectivity index (χ1v) is 9.34. The van der Waals surface area contributed by atoms with Gasteiger partial charge in [0.25, 0.3) is 5.91 Å². The van der Waals surface area contributed by atoms with Gasteiger partial charge in [-0.1, -0.05) is 60.7 Å². The molecule has 0 aromatic heterocycles. The number of fused-ring (bicyclic) bond motifs is 1. The number of phenols is 1. The highest BCUT2D eigenvalue weighted by Crippen LogP contribution is 2.31. The SMILES string of the molecule is O=C(NN=C1CCC(c2ccccc2)CC1)c1ccc2ccccc2c1O. The van der Waals surface area contributed by atoms with Gasteiger partial charge in [-0.15, -0.1) is 0 Å². The molecule has 0 spiro atoms. The maximum Gasteiger partial charge on any atom is 0.275 e. The number of nitrogens with one attached hydrogen (secondary N) is 1. The highest BCUT2D eigenvalue weighted by molar-refractivity contribution is 6.03. The summed E-state index contributed by atoms with van der Waals surface area (Å²) in [7, 11) is 0. The van der Waals surface area contributed by atoms with Crippen molar-refractivity contribution in [1.29, 1.82) is 0 Å². The molecule has 2 N–H and O–H groups in total. The van der Waals surface area contributed by atoms with Crippen LogP contribution in [0.2, 0.25) is 0 Å². The Hall–Kier alpha value is -3.14. The number of aromatic hydroxyl groups is 1. The summed E-state index contributed by atoms with van der Waals surface area (Å²) < 4.78 is 0. The standard InChI is InChI=1S/C23H22N2O2/c26-22-20-9-5-4-8-18(20)12-15-21(22)23(27)25-24-19-13-10-17(11-14-19)16-6-2-1-3-7-16/h1-9,12,15,17,26H,10-11,13-14H2,(H,25,27). The quantitative estimate of drug-likeness (QED) is 0.648. The lowest BCUT2D eigenvalue weighted by Crippen LogP contribution is -2.22. The second-order valence-corrected chi connectivity index (χ2v) is 6.99. The maximum absolute atomic E-state index is 12.5. The number of carbonyl (C=O) groups is 1. The Bertz CT molecular complexity index is 986. The Balaban J connectivity index is 1.42. The third-order valence-electron chi connectivity index (χ3n) is 5.29. The second-order valence-electron chi connectivity index (χ2n) is 6.99. The van der Waals surface area contributed by atoms with Crippen LogP contribution in [0.1, 0.15) is 47.5 Å². The highest BCUT2D eigenvalue weighted by Gasteiger charge is 2.20. The molecule has 0 aliphatic heterocycles. The summed E-state index contributed by atoms with van der Waals surface area (Å²) in [6, 6.07) is 21.5. The van der Waals surface area contributed by atoms with Gasteiger partial charge < -0.3 is 5.11 Å². The molecule has 0 saturated heterocycles. The molecular formula is C23H22N2O2. The van der Waals surface area contributed by atoms with Crippen LogP contribution in [0.3, 0.4) is 0 Å². The number of hydrazone groups is 1. The monoisotopic (exact) mass is 358 g/mol. The van der Waals surface area contributed by atoms with Gasteiger partial charge in [0.1, 0.15) is 5.75 Å². The number of nitrogens with zero attached hydrogens (tertiary/aromatic N) is 1. The van der Waals surface area contributed by atoms with E-state index in [2.05, 4.69) is 34.8 Å². The molecule has 0 radical (unpaired) electrons. The van der Waals surface area contributed by atoms with Crippen molar-refractivity contribution in [3.8, 4) is 5.75 Å². The van der Waals surface area contributed by atoms with E-state index < -0.39 is 0 Å². The van der Waals surface area contributed by atoms with Crippen LogP contribution in [0.15, 0.2) is 71.8 Å². The van der Waals surface area contributed by atoms with Gasteiger partial charge in [-0.25, -0.2) is 5.43 Å². The smallest absolute Gasteiger partial charge is 0.275 e. The Morgan fingerprint density at radius 1 is 0.926 bits per heavy atom. The molecule has 0 heterocycles. The third kappa shape index (κ3) is 3.70. The zero-order valence-corrected chi connectivity index (χ0v) is 15.1. The van der Waals surface area contributed by atoms with E-state index in [-0.39, 0.29) is 17.2 Å². The van der Waals surface area contributed by atoms with E-state index in [0.717, 1.165) is 36.8 Å². The number of hydrogen-bond acceptors (Lipinski definition) is 3. The number of rotatable bonds is 3. The first-order chi connectivity index (χ1) is 13.2. The molecule has 4 heteroatoms. The predicted octanol–water partition coefficient (Wildman–Crippen LogP) is 4.99. The molecule has 1 saturated carbocycles. The molecule has 4 nitrogen and oxygen atoms in total. The average molecular weight is 358 g/mol. The fourth-order valence-corrected chi connectivity index (χ4v) is 3.75. The summed E-state index contributed by atoms with van der Waals surface area (Å²) in [5.41, 5.74) is 5.25. The number of benzene rings is 3. The number of hydrogen-bond donors (Lipinski definition) is 2. The second kappa shape index (κ2) is 7.62. The zero-order valence-electron chi connectivity index (χ0n) is 15.1. The molecule has 0 bridgehead atoms. The van der Waals surface area contributed by atoms with Crippen LogP contribution >= 0.6 is 0 Å². The summed E-state index contributed by atoms with van der Waals surface area (Å²) in [6.07, 6.45) is 3.84. The van der Waals surface area contributed by atoms with Crippen molar-refractivity contribution in [3.05, 3.63) is 77.9 Å². The number of phenolic OH excluding ortho intramolecular Hbond substituents is 1. The van der Waals surface area contributed by atoms with E-state index in [1.165, 1.54) is 5.56 Å². The van der Waals surface area contributed by atoms with Gasteiger partial charge in [0, 0.05) is 11.1 Å². The van der Waals surface area contributed by atoms with Crippen LogP contribution in [0.25, 0.3) is 10.8 Å². The number of carbonyl (C=O) groups excluding carboxylic acids is 1. The van der Waals surface area contributed by atoms with Crippen molar-refractivity contribution < 1.29 is 9.90 Å². The van der Waals surface area contributed by atoms with Crippen molar-refractivity contribution in [2.45, 2.75) is 31.6 Å². The molecule has 136 valence electrons.